The van der Waals surface area contributed by atoms with E-state index in [2.05, 4.69) is 33.4 Å². The molecule has 0 amide bonds. The lowest BCUT2D eigenvalue weighted by Crippen LogP contribution is -2.31. The van der Waals surface area contributed by atoms with Gasteiger partial charge in [-0.3, -0.25) is 10.5 Å². The molecule has 7 heteroatoms. The van der Waals surface area contributed by atoms with Crippen molar-refractivity contribution in [2.24, 2.45) is 5.84 Å². The smallest absolute Gasteiger partial charge is 0.132 e. The Labute approximate surface area is 131 Å². The summed E-state index contributed by atoms with van der Waals surface area (Å²) in [6.45, 7) is 2.79. The maximum Gasteiger partial charge on any atom is 0.132 e. The third-order valence-electron chi connectivity index (χ3n) is 3.23. The van der Waals surface area contributed by atoms with Crippen LogP contribution >= 0.6 is 15.9 Å². The average Bonchev–Trinajstić information content (AvgIpc) is 2.83. The van der Waals surface area contributed by atoms with Crippen LogP contribution in [0.5, 0.6) is 5.75 Å². The second kappa shape index (κ2) is 7.02. The number of aromatic nitrogens is 2. The Hall–Kier alpha value is -1.44. The van der Waals surface area contributed by atoms with Crippen molar-refractivity contribution in [1.29, 1.82) is 0 Å². The number of hydrogen-bond acceptors (Lipinski definition) is 4. The van der Waals surface area contributed by atoms with Gasteiger partial charge in [-0.15, -0.1) is 0 Å². The average molecular weight is 357 g/mol. The fourth-order valence-corrected chi connectivity index (χ4v) is 2.76. The predicted molar refractivity (Wildman–Crippen MR) is 82.3 cm³/mol. The van der Waals surface area contributed by atoms with E-state index in [9.17, 15) is 4.39 Å². The standard InChI is InChI=1S/C14H18BrFN4O/c1-3-6-20-14(11(15)8-18-20)13(19-17)10-5-4-9(21-2)7-12(10)16/h4-5,7-8,13,19H,3,6,17H2,1-2H3. The van der Waals surface area contributed by atoms with E-state index in [0.29, 0.717) is 11.3 Å². The molecule has 0 saturated heterocycles. The SMILES string of the molecule is CCCn1ncc(Br)c1C(NN)c1ccc(OC)cc1F. The molecule has 0 radical (unpaired) electrons. The van der Waals surface area contributed by atoms with E-state index in [-0.39, 0.29) is 5.82 Å². The molecule has 1 aromatic heterocycles. The van der Waals surface area contributed by atoms with E-state index in [1.807, 2.05) is 4.68 Å². The van der Waals surface area contributed by atoms with Gasteiger partial charge >= 0.3 is 0 Å². The van der Waals surface area contributed by atoms with Crippen LogP contribution in [0.1, 0.15) is 30.6 Å². The lowest BCUT2D eigenvalue weighted by Gasteiger charge is -2.19. The van der Waals surface area contributed by atoms with Crippen LogP contribution < -0.4 is 16.0 Å². The summed E-state index contributed by atoms with van der Waals surface area (Å²) in [4.78, 5) is 0. The Morgan fingerprint density at radius 2 is 2.29 bits per heavy atom. The van der Waals surface area contributed by atoms with Crippen molar-refractivity contribution in [3.63, 3.8) is 0 Å². The molecule has 2 aromatic rings. The molecule has 1 heterocycles. The molecule has 1 unspecified atom stereocenters. The van der Waals surface area contributed by atoms with Gasteiger partial charge in [-0.25, -0.2) is 9.82 Å². The highest BCUT2D eigenvalue weighted by molar-refractivity contribution is 9.10. The molecular formula is C14H18BrFN4O. The van der Waals surface area contributed by atoms with Crippen LogP contribution in [-0.2, 0) is 6.54 Å². The van der Waals surface area contributed by atoms with Crippen LogP contribution in [0.25, 0.3) is 0 Å². The fraction of sp³-hybridized carbons (Fsp3) is 0.357. The summed E-state index contributed by atoms with van der Waals surface area (Å²) in [6, 6.07) is 4.21. The van der Waals surface area contributed by atoms with Gasteiger partial charge in [-0.2, -0.15) is 5.10 Å². The van der Waals surface area contributed by atoms with Crippen molar-refractivity contribution in [2.75, 3.05) is 7.11 Å². The number of nitrogens with two attached hydrogens (primary N) is 1. The van der Waals surface area contributed by atoms with Gasteiger partial charge in [-0.1, -0.05) is 13.0 Å². The Morgan fingerprint density at radius 3 is 2.86 bits per heavy atom. The number of nitrogens with zero attached hydrogens (tertiary/aromatic N) is 2. The van der Waals surface area contributed by atoms with E-state index in [4.69, 9.17) is 10.6 Å². The summed E-state index contributed by atoms with van der Waals surface area (Å²) in [6.07, 6.45) is 2.61. The molecule has 3 N–H and O–H groups in total. The van der Waals surface area contributed by atoms with E-state index >= 15 is 0 Å². The Bertz CT molecular complexity index is 617. The number of benzene rings is 1. The summed E-state index contributed by atoms with van der Waals surface area (Å²) < 4.78 is 21.9. The van der Waals surface area contributed by atoms with Gasteiger partial charge in [0.1, 0.15) is 11.6 Å². The van der Waals surface area contributed by atoms with E-state index < -0.39 is 6.04 Å². The van der Waals surface area contributed by atoms with Gasteiger partial charge in [-0.05, 0) is 28.4 Å². The Kier molecular flexibility index (Phi) is 5.33. The highest BCUT2D eigenvalue weighted by Gasteiger charge is 2.23. The number of halogens is 2. The molecule has 1 aromatic carbocycles. The van der Waals surface area contributed by atoms with E-state index in [1.165, 1.54) is 13.2 Å². The molecule has 0 saturated carbocycles. The van der Waals surface area contributed by atoms with Crippen molar-refractivity contribution in [1.82, 2.24) is 15.2 Å². The highest BCUT2D eigenvalue weighted by atomic mass is 79.9. The lowest BCUT2D eigenvalue weighted by atomic mass is 10.0. The molecule has 0 aliphatic carbocycles. The maximum absolute atomic E-state index is 14.3. The molecule has 5 nitrogen and oxygen atoms in total. The van der Waals surface area contributed by atoms with Gasteiger partial charge in [0.2, 0.25) is 0 Å². The number of rotatable bonds is 6. The number of nitrogens with one attached hydrogen (secondary N) is 1. The first-order valence-corrected chi connectivity index (χ1v) is 7.42. The second-order valence-electron chi connectivity index (χ2n) is 4.59. The van der Waals surface area contributed by atoms with Crippen LogP contribution in [0.3, 0.4) is 0 Å². The summed E-state index contributed by atoms with van der Waals surface area (Å²) in [5.41, 5.74) is 3.90. The number of aryl methyl sites for hydroxylation is 1. The van der Waals surface area contributed by atoms with Crippen LogP contribution in [0.4, 0.5) is 4.39 Å². The third-order valence-corrected chi connectivity index (χ3v) is 3.84. The quantitative estimate of drug-likeness (QED) is 0.616. The fourth-order valence-electron chi connectivity index (χ4n) is 2.23. The van der Waals surface area contributed by atoms with Crippen LogP contribution in [0, 0.1) is 5.82 Å². The maximum atomic E-state index is 14.3. The van der Waals surface area contributed by atoms with Crippen molar-refractivity contribution in [3.05, 3.63) is 45.9 Å². The van der Waals surface area contributed by atoms with E-state index in [1.54, 1.807) is 18.3 Å². The number of hydrogen-bond donors (Lipinski definition) is 2. The molecule has 114 valence electrons. The third kappa shape index (κ3) is 3.25. The van der Waals surface area contributed by atoms with Crippen molar-refractivity contribution in [2.45, 2.75) is 25.9 Å². The van der Waals surface area contributed by atoms with Gasteiger partial charge < -0.3 is 4.74 Å². The Morgan fingerprint density at radius 1 is 1.52 bits per heavy atom. The largest absolute Gasteiger partial charge is 0.497 e. The first-order valence-electron chi connectivity index (χ1n) is 6.63. The first kappa shape index (κ1) is 15.9. The minimum absolute atomic E-state index is 0.381. The topological polar surface area (TPSA) is 65.1 Å². The minimum Gasteiger partial charge on any atom is -0.497 e. The van der Waals surface area contributed by atoms with Gasteiger partial charge in [0.25, 0.3) is 0 Å². The molecular weight excluding hydrogens is 339 g/mol. The monoisotopic (exact) mass is 356 g/mol. The number of methoxy groups -OCH3 is 1. The summed E-state index contributed by atoms with van der Waals surface area (Å²) >= 11 is 3.45. The highest BCUT2D eigenvalue weighted by Crippen LogP contribution is 2.31. The summed E-state index contributed by atoms with van der Waals surface area (Å²) in [7, 11) is 1.50. The lowest BCUT2D eigenvalue weighted by molar-refractivity contribution is 0.409. The molecule has 0 bridgehead atoms. The molecule has 0 fully saturated rings. The van der Waals surface area contributed by atoms with Crippen molar-refractivity contribution >= 4 is 15.9 Å². The van der Waals surface area contributed by atoms with E-state index in [0.717, 1.165) is 23.1 Å². The predicted octanol–water partition coefficient (Wildman–Crippen LogP) is 2.76. The van der Waals surface area contributed by atoms with Crippen LogP contribution in [-0.4, -0.2) is 16.9 Å². The summed E-state index contributed by atoms with van der Waals surface area (Å²) in [5.74, 6) is 5.74. The zero-order valence-corrected chi connectivity index (χ0v) is 13.5. The van der Waals surface area contributed by atoms with Gasteiger partial charge in [0, 0.05) is 18.2 Å². The molecule has 0 spiro atoms. The molecule has 1 atom stereocenters. The molecule has 21 heavy (non-hydrogen) atoms. The van der Waals surface area contributed by atoms with Gasteiger partial charge in [0.05, 0.1) is 29.5 Å². The minimum atomic E-state index is -0.501. The second-order valence-corrected chi connectivity index (χ2v) is 5.44. The number of ether oxygens (including phenoxy) is 1. The Balaban J connectivity index is 2.47. The first-order chi connectivity index (χ1) is 10.1. The molecule has 0 aliphatic rings. The van der Waals surface area contributed by atoms with Crippen molar-refractivity contribution < 1.29 is 9.13 Å². The normalized spacial score (nSPS) is 12.4. The number of hydrazine groups is 1. The van der Waals surface area contributed by atoms with Crippen LogP contribution in [0.15, 0.2) is 28.9 Å². The molecule has 2 rings (SSSR count). The summed E-state index contributed by atoms with van der Waals surface area (Å²) in [5, 5.41) is 4.29. The molecule has 0 aliphatic heterocycles. The van der Waals surface area contributed by atoms with Crippen LogP contribution in [0.2, 0.25) is 0 Å². The van der Waals surface area contributed by atoms with Gasteiger partial charge in [0.15, 0.2) is 0 Å². The zero-order valence-electron chi connectivity index (χ0n) is 11.9. The van der Waals surface area contributed by atoms with Crippen molar-refractivity contribution in [3.8, 4) is 5.75 Å². The zero-order chi connectivity index (χ0) is 15.4.